The van der Waals surface area contributed by atoms with Crippen LogP contribution in [-0.2, 0) is 11.2 Å². The zero-order valence-corrected chi connectivity index (χ0v) is 11.9. The van der Waals surface area contributed by atoms with Crippen molar-refractivity contribution < 1.29 is 9.18 Å². The van der Waals surface area contributed by atoms with E-state index in [1.54, 1.807) is 12.1 Å². The number of hydrogen-bond donors (Lipinski definition) is 1. The Labute approximate surface area is 119 Å². The maximum Gasteiger partial charge on any atom is 0.227 e. The predicted octanol–water partition coefficient (Wildman–Crippen LogP) is 0.860. The molecule has 5 heteroatoms. The van der Waals surface area contributed by atoms with E-state index in [4.69, 9.17) is 5.73 Å². The van der Waals surface area contributed by atoms with Crippen molar-refractivity contribution in [1.29, 1.82) is 0 Å². The van der Waals surface area contributed by atoms with Gasteiger partial charge in [-0.15, -0.1) is 0 Å². The molecule has 1 aromatic carbocycles. The fraction of sp³-hybridized carbons (Fsp3) is 0.533. The first-order chi connectivity index (χ1) is 9.60. The van der Waals surface area contributed by atoms with Gasteiger partial charge in [-0.05, 0) is 24.6 Å². The minimum absolute atomic E-state index is 0.108. The van der Waals surface area contributed by atoms with Gasteiger partial charge in [0.1, 0.15) is 5.82 Å². The molecule has 0 aliphatic carbocycles. The van der Waals surface area contributed by atoms with Gasteiger partial charge in [-0.2, -0.15) is 0 Å². The molecule has 2 rings (SSSR count). The molecule has 1 aliphatic heterocycles. The molecule has 4 nitrogen and oxygen atoms in total. The summed E-state index contributed by atoms with van der Waals surface area (Å²) in [6, 6.07) is 6.48. The van der Waals surface area contributed by atoms with E-state index in [-0.39, 0.29) is 11.7 Å². The minimum Gasteiger partial charge on any atom is -0.340 e. The highest BCUT2D eigenvalue weighted by Gasteiger charge is 2.23. The Kier molecular flexibility index (Phi) is 5.09. The first kappa shape index (κ1) is 14.9. The number of rotatable bonds is 4. The molecule has 1 amide bonds. The lowest BCUT2D eigenvalue weighted by Crippen LogP contribution is -2.53. The van der Waals surface area contributed by atoms with Crippen molar-refractivity contribution in [3.8, 4) is 0 Å². The lowest BCUT2D eigenvalue weighted by molar-refractivity contribution is -0.132. The number of piperazine rings is 1. The van der Waals surface area contributed by atoms with E-state index >= 15 is 0 Å². The van der Waals surface area contributed by atoms with Gasteiger partial charge in [-0.3, -0.25) is 9.69 Å². The second-order valence-electron chi connectivity index (χ2n) is 5.30. The van der Waals surface area contributed by atoms with Crippen LogP contribution in [0.4, 0.5) is 4.39 Å². The highest BCUT2D eigenvalue weighted by Crippen LogP contribution is 2.09. The number of benzene rings is 1. The quantitative estimate of drug-likeness (QED) is 0.889. The van der Waals surface area contributed by atoms with Gasteiger partial charge in [0.05, 0.1) is 6.42 Å². The molecule has 0 saturated carbocycles. The van der Waals surface area contributed by atoms with Crippen LogP contribution >= 0.6 is 0 Å². The molecule has 1 aliphatic rings. The molecule has 110 valence electrons. The van der Waals surface area contributed by atoms with E-state index in [9.17, 15) is 9.18 Å². The SMILES string of the molecule is CC(CN)N1CCN(C(=O)Cc2ccc(F)cc2)CC1. The molecule has 0 bridgehead atoms. The zero-order valence-electron chi connectivity index (χ0n) is 11.9. The van der Waals surface area contributed by atoms with Gasteiger partial charge in [0.2, 0.25) is 5.91 Å². The summed E-state index contributed by atoms with van der Waals surface area (Å²) in [6.45, 7) is 5.97. The molecular formula is C15H22FN3O. The zero-order chi connectivity index (χ0) is 14.5. The first-order valence-corrected chi connectivity index (χ1v) is 7.06. The third-order valence-electron chi connectivity index (χ3n) is 3.90. The summed E-state index contributed by atoms with van der Waals surface area (Å²) in [7, 11) is 0. The van der Waals surface area contributed by atoms with Crippen molar-refractivity contribution in [3.05, 3.63) is 35.6 Å². The van der Waals surface area contributed by atoms with Crippen molar-refractivity contribution in [2.45, 2.75) is 19.4 Å². The Bertz CT molecular complexity index is 441. The van der Waals surface area contributed by atoms with E-state index in [1.807, 2.05) is 4.90 Å². The fourth-order valence-electron chi connectivity index (χ4n) is 2.45. The van der Waals surface area contributed by atoms with Crippen molar-refractivity contribution in [2.24, 2.45) is 5.73 Å². The standard InChI is InChI=1S/C15H22FN3O/c1-12(11-17)18-6-8-19(9-7-18)15(20)10-13-2-4-14(16)5-3-13/h2-5,12H,6-11,17H2,1H3. The van der Waals surface area contributed by atoms with E-state index in [0.717, 1.165) is 31.7 Å². The number of carbonyl (C=O) groups is 1. The summed E-state index contributed by atoms with van der Waals surface area (Å²) in [4.78, 5) is 16.4. The van der Waals surface area contributed by atoms with E-state index < -0.39 is 0 Å². The molecule has 0 spiro atoms. The van der Waals surface area contributed by atoms with Gasteiger partial charge in [0.15, 0.2) is 0 Å². The number of nitrogens with two attached hydrogens (primary N) is 1. The molecule has 1 saturated heterocycles. The van der Waals surface area contributed by atoms with Crippen LogP contribution in [0.5, 0.6) is 0 Å². The summed E-state index contributed by atoms with van der Waals surface area (Å²) in [5.74, 6) is -0.165. The predicted molar refractivity (Wildman–Crippen MR) is 76.8 cm³/mol. The molecule has 1 aromatic rings. The van der Waals surface area contributed by atoms with E-state index in [0.29, 0.717) is 19.0 Å². The smallest absolute Gasteiger partial charge is 0.227 e. The average Bonchev–Trinajstić information content (AvgIpc) is 2.49. The van der Waals surface area contributed by atoms with Crippen LogP contribution in [0.15, 0.2) is 24.3 Å². The summed E-state index contributed by atoms with van der Waals surface area (Å²) < 4.78 is 12.8. The molecule has 1 heterocycles. The minimum atomic E-state index is -0.273. The molecule has 0 radical (unpaired) electrons. The summed E-state index contributed by atoms with van der Waals surface area (Å²) >= 11 is 0. The van der Waals surface area contributed by atoms with Crippen molar-refractivity contribution in [3.63, 3.8) is 0 Å². The van der Waals surface area contributed by atoms with Crippen LogP contribution in [0.1, 0.15) is 12.5 Å². The summed E-state index contributed by atoms with van der Waals surface area (Å²) in [5.41, 5.74) is 6.51. The maximum absolute atomic E-state index is 12.8. The Morgan fingerprint density at radius 2 is 1.85 bits per heavy atom. The third kappa shape index (κ3) is 3.77. The first-order valence-electron chi connectivity index (χ1n) is 7.06. The Morgan fingerprint density at radius 3 is 2.40 bits per heavy atom. The van der Waals surface area contributed by atoms with Crippen LogP contribution in [0, 0.1) is 5.82 Å². The largest absolute Gasteiger partial charge is 0.340 e. The van der Waals surface area contributed by atoms with Crippen LogP contribution < -0.4 is 5.73 Å². The molecular weight excluding hydrogens is 257 g/mol. The van der Waals surface area contributed by atoms with E-state index in [2.05, 4.69) is 11.8 Å². The molecule has 1 fully saturated rings. The van der Waals surface area contributed by atoms with Crippen LogP contribution in [-0.4, -0.2) is 54.5 Å². The second-order valence-corrected chi connectivity index (χ2v) is 5.30. The van der Waals surface area contributed by atoms with Crippen molar-refractivity contribution >= 4 is 5.91 Å². The van der Waals surface area contributed by atoms with Crippen LogP contribution in [0.25, 0.3) is 0 Å². The Hall–Kier alpha value is -1.46. The molecule has 1 unspecified atom stereocenters. The molecule has 0 aromatic heterocycles. The summed E-state index contributed by atoms with van der Waals surface area (Å²) in [6.07, 6.45) is 0.340. The van der Waals surface area contributed by atoms with Gasteiger partial charge in [0, 0.05) is 38.8 Å². The number of halogens is 1. The van der Waals surface area contributed by atoms with Crippen molar-refractivity contribution in [2.75, 3.05) is 32.7 Å². The highest BCUT2D eigenvalue weighted by molar-refractivity contribution is 5.78. The fourth-order valence-corrected chi connectivity index (χ4v) is 2.45. The topological polar surface area (TPSA) is 49.6 Å². The van der Waals surface area contributed by atoms with Gasteiger partial charge >= 0.3 is 0 Å². The normalized spacial score (nSPS) is 18.1. The highest BCUT2D eigenvalue weighted by atomic mass is 19.1. The number of hydrogen-bond acceptors (Lipinski definition) is 3. The second kappa shape index (κ2) is 6.81. The maximum atomic E-state index is 12.8. The van der Waals surface area contributed by atoms with Gasteiger partial charge in [-0.25, -0.2) is 4.39 Å². The number of nitrogens with zero attached hydrogens (tertiary/aromatic N) is 2. The van der Waals surface area contributed by atoms with Crippen LogP contribution in [0.3, 0.4) is 0 Å². The molecule has 2 N–H and O–H groups in total. The summed E-state index contributed by atoms with van der Waals surface area (Å²) in [5, 5.41) is 0. The average molecular weight is 279 g/mol. The van der Waals surface area contributed by atoms with E-state index in [1.165, 1.54) is 12.1 Å². The lowest BCUT2D eigenvalue weighted by atomic mass is 10.1. The Morgan fingerprint density at radius 1 is 1.25 bits per heavy atom. The molecule has 1 atom stereocenters. The lowest BCUT2D eigenvalue weighted by Gasteiger charge is -2.37. The molecule has 20 heavy (non-hydrogen) atoms. The number of amides is 1. The van der Waals surface area contributed by atoms with Crippen molar-refractivity contribution in [1.82, 2.24) is 9.80 Å². The third-order valence-corrected chi connectivity index (χ3v) is 3.90. The van der Waals surface area contributed by atoms with Gasteiger partial charge in [0.25, 0.3) is 0 Å². The number of carbonyl (C=O) groups excluding carboxylic acids is 1. The van der Waals surface area contributed by atoms with Gasteiger partial charge in [-0.1, -0.05) is 12.1 Å². The van der Waals surface area contributed by atoms with Gasteiger partial charge < -0.3 is 10.6 Å². The van der Waals surface area contributed by atoms with Crippen LogP contribution in [0.2, 0.25) is 0 Å². The monoisotopic (exact) mass is 279 g/mol. The Balaban J connectivity index is 1.84.